The van der Waals surface area contributed by atoms with Crippen molar-refractivity contribution in [3.63, 3.8) is 0 Å². The van der Waals surface area contributed by atoms with Gasteiger partial charge in [-0.25, -0.2) is 4.79 Å². The first-order valence-corrected chi connectivity index (χ1v) is 46.7. The summed E-state index contributed by atoms with van der Waals surface area (Å²) in [5.74, 6) is -3.95. The van der Waals surface area contributed by atoms with Crippen molar-refractivity contribution in [2.75, 3.05) is 39.6 Å². The molecule has 15 rings (SSSR count). The van der Waals surface area contributed by atoms with Crippen LogP contribution >= 0.6 is 0 Å². The molecule has 0 spiro atoms. The molecule has 49 nitrogen and oxygen atoms in total. The van der Waals surface area contributed by atoms with Crippen molar-refractivity contribution >= 4 is 18.2 Å². The molecule has 10 saturated heterocycles. The number of ether oxygens (including phenoxy) is 20. The Hall–Kier alpha value is -3.41. The minimum absolute atomic E-state index is 0.0405. The highest BCUT2D eigenvalue weighted by Gasteiger charge is 2.72. The average molecular weight is 1970 g/mol. The maximum atomic E-state index is 16.2. The molecule has 10 heterocycles. The van der Waals surface area contributed by atoms with Crippen molar-refractivity contribution < 1.29 is 242 Å². The number of carbonyl (C=O) groups is 3. The molecule has 4 saturated carbocycles. The fourth-order valence-electron chi connectivity index (χ4n) is 24.2. The van der Waals surface area contributed by atoms with Crippen LogP contribution in [0.4, 0.5) is 0 Å². The predicted molar refractivity (Wildman–Crippen MR) is 437 cm³/mol. The normalized spacial score (nSPS) is 55.0. The third-order valence-electron chi connectivity index (χ3n) is 32.8. The van der Waals surface area contributed by atoms with Gasteiger partial charge >= 0.3 is 11.9 Å². The SMILES string of the molecule is C[C@@H]1O[C@@H](O[C@H]2[C@H](O[C@@H]3OC[C@@H](O[C@@H]4OC[C@H](O)[C@H](O)[C@H]4O)[C@H](O)[C@H]3O[C@@H]3O[C@H](CO)[C@H](O)[C@H](O)[C@H]3O)[C@@H](O)[C@H](O[C@H]3CC[C@]4(C)[C@H]5CC=C6C7CC(C)(C)CC[C@]7(C(=O)O[C@@H]7O[C@H](C)[C@H](O[C@@H]8OC[C@@H](O)[C@H](O)[C@H]8O)[C@H](O[C@@H]8O[C@@H](C)[C@H](O[C@@H]9O[C@H](CO)[C@H](O)[C@H](O)[C@H]9O)[C@@H](O)[C@H]8O[C@@H]8O[C@H](CO)[C@@H](O)[C@H](O)[C@H]8O)[C@H]7O)CC[C@@]6(C)[C@]5(C)CC[C@H]4[C@@]3(C)C=O)O[C@@H]2C(=O)O)[C@H](O)[C@H](O)[C@H]1O. The average Bonchev–Trinajstić information content (AvgIpc) is 0.671. The second-order valence-corrected chi connectivity index (χ2v) is 41.4. The Kier molecular flexibility index (Phi) is 32.6. The molecular weight excluding hydrogens is 1830 g/mol. The van der Waals surface area contributed by atoms with Gasteiger partial charge in [0, 0.05) is 0 Å². The summed E-state index contributed by atoms with van der Waals surface area (Å²) >= 11 is 0. The molecule has 14 fully saturated rings. The van der Waals surface area contributed by atoms with Crippen molar-refractivity contribution in [3.05, 3.63) is 11.6 Å². The molecular formula is C87H138O49. The van der Waals surface area contributed by atoms with E-state index >= 15 is 4.79 Å². The highest BCUT2D eigenvalue weighted by atomic mass is 16.8. The Balaban J connectivity index is 0.700. The van der Waals surface area contributed by atoms with Crippen LogP contribution in [0.3, 0.4) is 0 Å². The molecule has 5 aliphatic carbocycles. The van der Waals surface area contributed by atoms with Crippen LogP contribution in [-0.4, -0.2) is 485 Å². The van der Waals surface area contributed by atoms with E-state index in [4.69, 9.17) is 94.7 Å². The van der Waals surface area contributed by atoms with Crippen molar-refractivity contribution in [2.45, 2.75) is 421 Å². The monoisotopic (exact) mass is 1970 g/mol. The second-order valence-electron chi connectivity index (χ2n) is 41.4. The fourth-order valence-corrected chi connectivity index (χ4v) is 24.2. The summed E-state index contributed by atoms with van der Waals surface area (Å²) < 4.78 is 122. The van der Waals surface area contributed by atoms with Gasteiger partial charge < -0.3 is 232 Å². The van der Waals surface area contributed by atoms with E-state index in [9.17, 15) is 142 Å². The maximum absolute atomic E-state index is 16.2. The van der Waals surface area contributed by atoms with Crippen LogP contribution in [0, 0.1) is 50.2 Å². The molecule has 0 amide bonds. The number of hydrogen-bond donors (Lipinski definition) is 26. The molecule has 15 aliphatic rings. The van der Waals surface area contributed by atoms with E-state index < -0.39 is 391 Å². The Labute approximate surface area is 780 Å². The second kappa shape index (κ2) is 41.5. The number of carbonyl (C=O) groups excluding carboxylic acids is 2. The number of carboxylic acid groups (broad SMARTS) is 1. The van der Waals surface area contributed by atoms with Crippen molar-refractivity contribution in [1.29, 1.82) is 0 Å². The Morgan fingerprint density at radius 3 is 1.36 bits per heavy atom. The van der Waals surface area contributed by atoms with Gasteiger partial charge in [-0.2, -0.15) is 0 Å². The summed E-state index contributed by atoms with van der Waals surface area (Å²) in [6.45, 7) is 11.6. The van der Waals surface area contributed by atoms with E-state index in [1.807, 2.05) is 0 Å². The summed E-state index contributed by atoms with van der Waals surface area (Å²) in [4.78, 5) is 44.7. The van der Waals surface area contributed by atoms with E-state index in [1.165, 1.54) is 20.8 Å². The van der Waals surface area contributed by atoms with Crippen LogP contribution in [0.25, 0.3) is 0 Å². The third-order valence-corrected chi connectivity index (χ3v) is 32.8. The van der Waals surface area contributed by atoms with Gasteiger partial charge in [0.1, 0.15) is 208 Å². The van der Waals surface area contributed by atoms with Gasteiger partial charge in [0.05, 0.1) is 74.9 Å². The highest BCUT2D eigenvalue weighted by Crippen LogP contribution is 2.76. The largest absolute Gasteiger partial charge is 0.479 e. The smallest absolute Gasteiger partial charge is 0.335 e. The van der Waals surface area contributed by atoms with Gasteiger partial charge in [-0.05, 0) is 124 Å². The topological polar surface area (TPSA) is 762 Å². The zero-order valence-corrected chi connectivity index (χ0v) is 76.4. The molecule has 136 heavy (non-hydrogen) atoms. The summed E-state index contributed by atoms with van der Waals surface area (Å²) in [7, 11) is 0. The lowest BCUT2D eigenvalue weighted by atomic mass is 9.33. The lowest BCUT2D eigenvalue weighted by Crippen LogP contribution is -2.69. The zero-order chi connectivity index (χ0) is 99.0. The number of aliphatic hydroxyl groups excluding tert-OH is 25. The predicted octanol–water partition coefficient (Wildman–Crippen LogP) is -10.8. The van der Waals surface area contributed by atoms with Crippen molar-refractivity contribution in [1.82, 2.24) is 0 Å². The molecule has 780 valence electrons. The minimum atomic E-state index is -2.35. The van der Waals surface area contributed by atoms with E-state index in [0.717, 1.165) is 11.9 Å². The van der Waals surface area contributed by atoms with E-state index in [1.54, 1.807) is 6.92 Å². The molecule has 10 aliphatic heterocycles. The molecule has 0 aromatic rings. The Morgan fingerprint density at radius 2 is 0.816 bits per heavy atom. The van der Waals surface area contributed by atoms with Crippen LogP contribution in [0.5, 0.6) is 0 Å². The fraction of sp³-hybridized carbons (Fsp3) is 0.943. The number of aliphatic hydroxyl groups is 25. The minimum Gasteiger partial charge on any atom is -0.479 e. The molecule has 49 heteroatoms. The van der Waals surface area contributed by atoms with Gasteiger partial charge in [-0.3, -0.25) is 4.79 Å². The first kappa shape index (κ1) is 107. The molecule has 56 atom stereocenters. The molecule has 26 N–H and O–H groups in total. The Bertz CT molecular complexity index is 4050. The Morgan fingerprint density at radius 1 is 0.382 bits per heavy atom. The number of fused-ring (bicyclic) bond motifs is 7. The molecule has 0 radical (unpaired) electrons. The lowest BCUT2D eigenvalue weighted by molar-refractivity contribution is -0.404. The molecule has 0 aromatic heterocycles. The highest BCUT2D eigenvalue weighted by molar-refractivity contribution is 5.79. The van der Waals surface area contributed by atoms with Gasteiger partial charge in [0.25, 0.3) is 0 Å². The number of aldehydes is 1. The lowest BCUT2D eigenvalue weighted by Gasteiger charge is -2.71. The quantitative estimate of drug-likeness (QED) is 0.0175. The molecule has 0 aromatic carbocycles. The number of carboxylic acids is 1. The van der Waals surface area contributed by atoms with Crippen molar-refractivity contribution in [3.8, 4) is 0 Å². The zero-order valence-electron chi connectivity index (χ0n) is 76.4. The van der Waals surface area contributed by atoms with Crippen LogP contribution in [0.1, 0.15) is 127 Å². The van der Waals surface area contributed by atoms with Gasteiger partial charge in [-0.15, -0.1) is 0 Å². The van der Waals surface area contributed by atoms with Crippen LogP contribution in [0.2, 0.25) is 0 Å². The maximum Gasteiger partial charge on any atom is 0.335 e. The van der Waals surface area contributed by atoms with Crippen molar-refractivity contribution in [2.24, 2.45) is 50.2 Å². The van der Waals surface area contributed by atoms with Crippen LogP contribution in [-0.2, 0) is 109 Å². The number of esters is 1. The summed E-state index contributed by atoms with van der Waals surface area (Å²) in [5, 5.41) is 289. The van der Waals surface area contributed by atoms with E-state index in [-0.39, 0.29) is 25.2 Å². The number of allylic oxidation sites excluding steroid dienone is 2. The number of aliphatic carboxylic acids is 1. The van der Waals surface area contributed by atoms with Gasteiger partial charge in [-0.1, -0.05) is 53.2 Å². The van der Waals surface area contributed by atoms with E-state index in [2.05, 4.69) is 40.7 Å². The summed E-state index contributed by atoms with van der Waals surface area (Å²) in [6.07, 6.45) is -85.7. The molecule has 0 bridgehead atoms. The number of hydrogen-bond acceptors (Lipinski definition) is 48. The van der Waals surface area contributed by atoms with Crippen LogP contribution in [0.15, 0.2) is 11.6 Å². The summed E-state index contributed by atoms with van der Waals surface area (Å²) in [5.41, 5.74) is -4.37. The molecule has 1 unspecified atom stereocenters. The first-order valence-electron chi connectivity index (χ1n) is 46.7. The standard InChI is InChI=1S/C87H138O49/c1-28-42(94)49(101)55(107)73(120-28)134-68-65(130-79-66(132-75-57(109)51(103)46(98)36(22-89)124-75)48(100)38(26-119-79)126-71-53(105)43(95)33(92)24-117-71)61(113)78(135-69(68)70(114)115)127-41-13-14-83(6)39(84(41,7)27-91)12-15-86(9)40(83)11-10-31-32-20-82(4,5)16-18-87(32,19-17-85(31,86)8)81(116)136-77-60(112)64(63(30(3)121-77)129-72-54(106)44(96)34(93)25-118-72)131-80-67(133-76-58(110)52(104)47(99)37(23-90)125-76)59(111)62(29(2)122-80)128-74-56(108)50(102)45(97)35(21-88)123-74/h10,27-30,32-69,71-80,88-90,92-113H,11-26H2,1-9H3,(H,114,115)/t28-,29-,30+,32?,33-,34+,35+,36+,37+,38+,39+,40+,41-,42-,43-,44-,45-,46-,47+,48-,49+,50-,51-,52-,53+,54+,55+,56+,57+,58+,59+,60+,61+,62-,63-,64+,65+,66+,67+,68-,69-,71-,72-,73-,74-,75-,76-,77-,78+,79-,80-,83-,84+,85+,86+,87-/m0/s1. The first-order chi connectivity index (χ1) is 64.0. The van der Waals surface area contributed by atoms with E-state index in [0.29, 0.717) is 44.9 Å². The summed E-state index contributed by atoms with van der Waals surface area (Å²) in [6, 6.07) is 0. The van der Waals surface area contributed by atoms with Gasteiger partial charge in [0.2, 0.25) is 6.29 Å². The third kappa shape index (κ3) is 19.2. The number of rotatable bonds is 25. The van der Waals surface area contributed by atoms with Crippen LogP contribution < -0.4 is 0 Å². The van der Waals surface area contributed by atoms with Gasteiger partial charge in [0.15, 0.2) is 62.7 Å².